The SMILES string of the molecule is Cc1cc(C)nc(N2CCCC(c3ncc(C(N)=O)c(C)n3)C2)n1. The number of piperidine rings is 1. The molecule has 1 atom stereocenters. The predicted molar refractivity (Wildman–Crippen MR) is 91.0 cm³/mol. The number of carbonyl (C=O) groups is 1. The number of aromatic nitrogens is 4. The van der Waals surface area contributed by atoms with Crippen molar-refractivity contribution in [3.8, 4) is 0 Å². The summed E-state index contributed by atoms with van der Waals surface area (Å²) in [6, 6.07) is 1.97. The maximum absolute atomic E-state index is 11.3. The maximum Gasteiger partial charge on any atom is 0.252 e. The normalized spacial score (nSPS) is 17.8. The van der Waals surface area contributed by atoms with E-state index in [2.05, 4.69) is 24.8 Å². The minimum atomic E-state index is -0.493. The lowest BCUT2D eigenvalue weighted by atomic mass is 9.97. The third-order valence-electron chi connectivity index (χ3n) is 4.30. The van der Waals surface area contributed by atoms with E-state index in [9.17, 15) is 4.79 Å². The summed E-state index contributed by atoms with van der Waals surface area (Å²) in [6.45, 7) is 7.46. The molecule has 0 radical (unpaired) electrons. The van der Waals surface area contributed by atoms with Crippen LogP contribution in [0.1, 0.15) is 52.0 Å². The van der Waals surface area contributed by atoms with Crippen LogP contribution in [0.25, 0.3) is 0 Å². The maximum atomic E-state index is 11.3. The Labute approximate surface area is 141 Å². The second-order valence-corrected chi connectivity index (χ2v) is 6.33. The van der Waals surface area contributed by atoms with Crippen molar-refractivity contribution in [1.82, 2.24) is 19.9 Å². The standard InChI is InChI=1S/C17H22N6O/c1-10-7-11(2)21-17(20-10)23-6-4-5-13(9-23)16-19-8-14(15(18)24)12(3)22-16/h7-8,13H,4-6,9H2,1-3H3,(H2,18,24). The van der Waals surface area contributed by atoms with Gasteiger partial charge in [-0.2, -0.15) is 0 Å². The first-order valence-electron chi connectivity index (χ1n) is 8.14. The van der Waals surface area contributed by atoms with Crippen molar-refractivity contribution in [2.75, 3.05) is 18.0 Å². The predicted octanol–water partition coefficient (Wildman–Crippen LogP) is 1.67. The van der Waals surface area contributed by atoms with Crippen LogP contribution in [0.4, 0.5) is 5.95 Å². The molecule has 2 aromatic heterocycles. The molecule has 1 fully saturated rings. The van der Waals surface area contributed by atoms with E-state index in [0.29, 0.717) is 11.3 Å². The molecule has 0 aliphatic carbocycles. The van der Waals surface area contributed by atoms with Gasteiger partial charge < -0.3 is 10.6 Å². The van der Waals surface area contributed by atoms with Crippen molar-refractivity contribution in [1.29, 1.82) is 0 Å². The van der Waals surface area contributed by atoms with Gasteiger partial charge in [0.05, 0.1) is 11.3 Å². The van der Waals surface area contributed by atoms with Gasteiger partial charge in [-0.3, -0.25) is 4.79 Å². The van der Waals surface area contributed by atoms with Gasteiger partial charge in [-0.05, 0) is 39.7 Å². The van der Waals surface area contributed by atoms with Gasteiger partial charge in [0.2, 0.25) is 5.95 Å². The molecule has 24 heavy (non-hydrogen) atoms. The number of amides is 1. The van der Waals surface area contributed by atoms with Gasteiger partial charge in [-0.15, -0.1) is 0 Å². The summed E-state index contributed by atoms with van der Waals surface area (Å²) in [5.74, 6) is 1.23. The van der Waals surface area contributed by atoms with Crippen molar-refractivity contribution >= 4 is 11.9 Å². The Morgan fingerprint density at radius 3 is 2.54 bits per heavy atom. The number of nitrogens with zero attached hydrogens (tertiary/aromatic N) is 5. The second kappa shape index (κ2) is 6.51. The fourth-order valence-corrected chi connectivity index (χ4v) is 3.14. The number of carbonyl (C=O) groups excluding carboxylic acids is 1. The topological polar surface area (TPSA) is 97.9 Å². The number of nitrogens with two attached hydrogens (primary N) is 1. The van der Waals surface area contributed by atoms with E-state index >= 15 is 0 Å². The van der Waals surface area contributed by atoms with Gasteiger partial charge >= 0.3 is 0 Å². The van der Waals surface area contributed by atoms with Crippen LogP contribution in [0.3, 0.4) is 0 Å². The van der Waals surface area contributed by atoms with Gasteiger partial charge in [0.1, 0.15) is 5.82 Å². The minimum absolute atomic E-state index is 0.198. The summed E-state index contributed by atoms with van der Waals surface area (Å²) >= 11 is 0. The minimum Gasteiger partial charge on any atom is -0.365 e. The molecule has 1 saturated heterocycles. The fraction of sp³-hybridized carbons (Fsp3) is 0.471. The van der Waals surface area contributed by atoms with Crippen molar-refractivity contribution in [2.24, 2.45) is 5.73 Å². The first kappa shape index (κ1) is 16.3. The molecule has 1 amide bonds. The van der Waals surface area contributed by atoms with Crippen LogP contribution in [0.2, 0.25) is 0 Å². The fourth-order valence-electron chi connectivity index (χ4n) is 3.14. The van der Waals surface area contributed by atoms with Crippen LogP contribution >= 0.6 is 0 Å². The monoisotopic (exact) mass is 326 g/mol. The molecule has 0 bridgehead atoms. The largest absolute Gasteiger partial charge is 0.365 e. The van der Waals surface area contributed by atoms with Crippen LogP contribution < -0.4 is 10.6 Å². The van der Waals surface area contributed by atoms with Gasteiger partial charge in [-0.25, -0.2) is 19.9 Å². The Balaban J connectivity index is 1.83. The van der Waals surface area contributed by atoms with Crippen LogP contribution in [-0.2, 0) is 0 Å². The molecule has 3 heterocycles. The number of rotatable bonds is 3. The molecule has 7 nitrogen and oxygen atoms in total. The summed E-state index contributed by atoms with van der Waals surface area (Å²) in [7, 11) is 0. The van der Waals surface area contributed by atoms with Gasteiger partial charge in [0, 0.05) is 36.6 Å². The highest BCUT2D eigenvalue weighted by molar-refractivity contribution is 5.93. The van der Waals surface area contributed by atoms with Crippen LogP contribution in [0.15, 0.2) is 12.3 Å². The Bertz CT molecular complexity index is 755. The molecule has 2 aromatic rings. The van der Waals surface area contributed by atoms with E-state index in [4.69, 9.17) is 5.73 Å². The van der Waals surface area contributed by atoms with Crippen LogP contribution in [0.5, 0.6) is 0 Å². The number of anilines is 1. The lowest BCUT2D eigenvalue weighted by molar-refractivity contribution is 0.0999. The van der Waals surface area contributed by atoms with E-state index in [1.807, 2.05) is 19.9 Å². The summed E-state index contributed by atoms with van der Waals surface area (Å²) in [5, 5.41) is 0. The summed E-state index contributed by atoms with van der Waals surface area (Å²) in [4.78, 5) is 31.5. The highest BCUT2D eigenvalue weighted by Crippen LogP contribution is 2.27. The average molecular weight is 326 g/mol. The molecule has 1 unspecified atom stereocenters. The summed E-state index contributed by atoms with van der Waals surface area (Å²) in [5.41, 5.74) is 8.28. The molecule has 0 aromatic carbocycles. The molecule has 0 spiro atoms. The Hall–Kier alpha value is -2.57. The lowest BCUT2D eigenvalue weighted by Gasteiger charge is -2.32. The average Bonchev–Trinajstić information content (AvgIpc) is 2.53. The van der Waals surface area contributed by atoms with Crippen molar-refractivity contribution in [3.63, 3.8) is 0 Å². The zero-order valence-corrected chi connectivity index (χ0v) is 14.3. The molecule has 3 rings (SSSR count). The van der Waals surface area contributed by atoms with Crippen molar-refractivity contribution in [2.45, 2.75) is 39.5 Å². The third-order valence-corrected chi connectivity index (χ3v) is 4.30. The van der Waals surface area contributed by atoms with E-state index in [1.54, 1.807) is 6.92 Å². The molecule has 0 saturated carbocycles. The quantitative estimate of drug-likeness (QED) is 0.921. The Kier molecular flexibility index (Phi) is 4.42. The van der Waals surface area contributed by atoms with E-state index < -0.39 is 5.91 Å². The smallest absolute Gasteiger partial charge is 0.252 e. The molecular weight excluding hydrogens is 304 g/mol. The first-order chi connectivity index (χ1) is 11.4. The molecular formula is C17H22N6O. The molecule has 126 valence electrons. The van der Waals surface area contributed by atoms with Gasteiger partial charge in [0.15, 0.2) is 0 Å². The zero-order valence-electron chi connectivity index (χ0n) is 14.3. The number of hydrogen-bond acceptors (Lipinski definition) is 6. The summed E-state index contributed by atoms with van der Waals surface area (Å²) in [6.07, 6.45) is 3.57. The lowest BCUT2D eigenvalue weighted by Crippen LogP contribution is -2.36. The van der Waals surface area contributed by atoms with E-state index in [0.717, 1.165) is 49.1 Å². The third kappa shape index (κ3) is 3.34. The first-order valence-corrected chi connectivity index (χ1v) is 8.14. The Morgan fingerprint density at radius 2 is 1.92 bits per heavy atom. The highest BCUT2D eigenvalue weighted by atomic mass is 16.1. The van der Waals surface area contributed by atoms with Gasteiger partial charge in [-0.1, -0.05) is 0 Å². The molecule has 2 N–H and O–H groups in total. The molecule has 1 aliphatic heterocycles. The number of hydrogen-bond donors (Lipinski definition) is 1. The van der Waals surface area contributed by atoms with E-state index in [-0.39, 0.29) is 5.92 Å². The highest BCUT2D eigenvalue weighted by Gasteiger charge is 2.26. The van der Waals surface area contributed by atoms with Gasteiger partial charge in [0.25, 0.3) is 5.91 Å². The van der Waals surface area contributed by atoms with E-state index in [1.165, 1.54) is 6.20 Å². The Morgan fingerprint density at radius 1 is 1.21 bits per heavy atom. The molecule has 1 aliphatic rings. The van der Waals surface area contributed by atoms with Crippen molar-refractivity contribution in [3.05, 3.63) is 40.7 Å². The molecule has 7 heteroatoms. The summed E-state index contributed by atoms with van der Waals surface area (Å²) < 4.78 is 0. The number of aryl methyl sites for hydroxylation is 3. The zero-order chi connectivity index (χ0) is 17.3. The number of primary amides is 1. The second-order valence-electron chi connectivity index (χ2n) is 6.33. The van der Waals surface area contributed by atoms with Crippen LogP contribution in [0, 0.1) is 20.8 Å². The van der Waals surface area contributed by atoms with Crippen molar-refractivity contribution < 1.29 is 4.79 Å². The van der Waals surface area contributed by atoms with Crippen LogP contribution in [-0.4, -0.2) is 38.9 Å².